The van der Waals surface area contributed by atoms with E-state index in [1.54, 1.807) is 0 Å². The first-order valence-electron chi connectivity index (χ1n) is 15.6. The van der Waals surface area contributed by atoms with Gasteiger partial charge in [-0.05, 0) is 99.6 Å². The van der Waals surface area contributed by atoms with Gasteiger partial charge in [0.15, 0.2) is 0 Å². The monoisotopic (exact) mass is 597 g/mol. The number of carbonyl (C=O) groups excluding carboxylic acids is 2. The number of nitrogens with zero attached hydrogens (tertiary/aromatic N) is 3. The van der Waals surface area contributed by atoms with Gasteiger partial charge in [0.25, 0.3) is 0 Å². The van der Waals surface area contributed by atoms with E-state index in [0.717, 1.165) is 56.8 Å². The molecule has 0 bridgehead atoms. The van der Waals surface area contributed by atoms with Crippen molar-refractivity contribution in [2.24, 2.45) is 11.8 Å². The van der Waals surface area contributed by atoms with Gasteiger partial charge >= 0.3 is 0 Å². The van der Waals surface area contributed by atoms with Crippen LogP contribution >= 0.6 is 11.6 Å². The summed E-state index contributed by atoms with van der Waals surface area (Å²) in [6, 6.07) is 9.76. The third-order valence-electron chi connectivity index (χ3n) is 10.1. The Morgan fingerprint density at radius 1 is 0.881 bits per heavy atom. The van der Waals surface area contributed by atoms with Crippen molar-refractivity contribution in [3.8, 4) is 0 Å². The highest BCUT2D eigenvalue weighted by Crippen LogP contribution is 2.48. The molecule has 1 saturated carbocycles. The molecule has 4 fully saturated rings. The molecule has 1 aliphatic carbocycles. The average molecular weight is 598 g/mol. The second-order valence-electron chi connectivity index (χ2n) is 13.8. The zero-order valence-corrected chi connectivity index (χ0v) is 25.7. The average Bonchev–Trinajstić information content (AvgIpc) is 3.63. The van der Waals surface area contributed by atoms with Gasteiger partial charge in [-0.15, -0.1) is 0 Å². The van der Waals surface area contributed by atoms with Gasteiger partial charge in [0.1, 0.15) is 11.6 Å². The molecule has 0 N–H and O–H groups in total. The summed E-state index contributed by atoms with van der Waals surface area (Å²) in [6.45, 7) is 10.3. The molecule has 2 amide bonds. The van der Waals surface area contributed by atoms with Crippen molar-refractivity contribution >= 4 is 23.4 Å². The molecule has 8 heteroatoms. The fourth-order valence-electron chi connectivity index (χ4n) is 7.30. The summed E-state index contributed by atoms with van der Waals surface area (Å²) in [4.78, 5) is 33.7. The first-order chi connectivity index (χ1) is 20.0. The van der Waals surface area contributed by atoms with Gasteiger partial charge in [0.05, 0.1) is 11.8 Å². The SMILES string of the molecule is CC(C)(C)N1C[C@@H](C(=O)N2CCC(c3ccc(Cl)cc3C(C(=O)N3CCC3)C3CC3)CC2)[C@H](c2ccc(F)cc2F)C1. The van der Waals surface area contributed by atoms with Crippen LogP contribution in [0, 0.1) is 23.5 Å². The van der Waals surface area contributed by atoms with Gasteiger partial charge in [-0.25, -0.2) is 8.78 Å². The Kier molecular flexibility index (Phi) is 8.12. The maximum Gasteiger partial charge on any atom is 0.230 e. The molecular weight excluding hydrogens is 556 g/mol. The molecule has 3 aliphatic heterocycles. The van der Waals surface area contributed by atoms with Crippen molar-refractivity contribution in [1.29, 1.82) is 0 Å². The van der Waals surface area contributed by atoms with Crippen LogP contribution in [0.2, 0.25) is 5.02 Å². The standard InChI is InChI=1S/C34H42ClF2N3O2/c1-34(2,3)40-19-28(26-10-8-24(36)18-30(26)37)29(20-40)32(41)39-15-11-21(12-16-39)25-9-7-23(35)17-27(25)31(22-5-6-22)33(42)38-13-4-14-38/h7-10,17-18,21-22,28-29,31H,4-6,11-16,19-20H2,1-3H3/t28-,29+,31?/m0/s1. The molecule has 3 heterocycles. The van der Waals surface area contributed by atoms with Gasteiger partial charge in [-0.2, -0.15) is 0 Å². The van der Waals surface area contributed by atoms with Crippen molar-refractivity contribution in [2.45, 2.75) is 76.2 Å². The van der Waals surface area contributed by atoms with Crippen LogP contribution in [0.3, 0.4) is 0 Å². The van der Waals surface area contributed by atoms with Gasteiger partial charge in [-0.1, -0.05) is 23.7 Å². The van der Waals surface area contributed by atoms with E-state index in [9.17, 15) is 18.4 Å². The summed E-state index contributed by atoms with van der Waals surface area (Å²) >= 11 is 6.49. The van der Waals surface area contributed by atoms with E-state index in [2.05, 4.69) is 31.7 Å². The number of carbonyl (C=O) groups is 2. The Bertz CT molecular complexity index is 1340. The van der Waals surface area contributed by atoms with Gasteiger partial charge in [0, 0.05) is 61.8 Å². The van der Waals surface area contributed by atoms with Gasteiger partial charge in [0.2, 0.25) is 11.8 Å². The maximum absolute atomic E-state index is 14.9. The van der Waals surface area contributed by atoms with Crippen LogP contribution < -0.4 is 0 Å². The molecule has 2 aromatic carbocycles. The normalized spacial score (nSPS) is 24.5. The quantitative estimate of drug-likeness (QED) is 0.379. The van der Waals surface area contributed by atoms with Gasteiger partial charge in [-0.3, -0.25) is 14.5 Å². The summed E-state index contributed by atoms with van der Waals surface area (Å²) in [5.74, 6) is -1.13. The van der Waals surface area contributed by atoms with Crippen molar-refractivity contribution in [3.05, 3.63) is 69.7 Å². The van der Waals surface area contributed by atoms with E-state index in [1.807, 2.05) is 21.9 Å². The molecule has 6 rings (SSSR count). The van der Waals surface area contributed by atoms with E-state index in [4.69, 9.17) is 11.6 Å². The van der Waals surface area contributed by atoms with E-state index in [-0.39, 0.29) is 41.0 Å². The Morgan fingerprint density at radius 3 is 2.17 bits per heavy atom. The molecule has 4 aliphatic rings. The van der Waals surface area contributed by atoms with Crippen LogP contribution in [0.4, 0.5) is 8.78 Å². The largest absolute Gasteiger partial charge is 0.342 e. The molecule has 3 saturated heterocycles. The van der Waals surface area contributed by atoms with E-state index in [0.29, 0.717) is 42.7 Å². The molecule has 3 atom stereocenters. The van der Waals surface area contributed by atoms with Crippen molar-refractivity contribution in [3.63, 3.8) is 0 Å². The number of hydrogen-bond acceptors (Lipinski definition) is 3. The molecule has 0 spiro atoms. The predicted octanol–water partition coefficient (Wildman–Crippen LogP) is 6.56. The Labute approximate surface area is 253 Å². The molecule has 0 aromatic heterocycles. The fourth-order valence-corrected chi connectivity index (χ4v) is 7.48. The minimum atomic E-state index is -0.607. The summed E-state index contributed by atoms with van der Waals surface area (Å²) in [6.07, 6.45) is 4.83. The van der Waals surface area contributed by atoms with E-state index in [1.165, 1.54) is 17.7 Å². The first kappa shape index (κ1) is 29.6. The number of piperidine rings is 1. The molecule has 5 nitrogen and oxygen atoms in total. The zero-order chi connectivity index (χ0) is 29.8. The molecule has 42 heavy (non-hydrogen) atoms. The zero-order valence-electron chi connectivity index (χ0n) is 24.9. The van der Waals surface area contributed by atoms with Crippen LogP contribution in [0.25, 0.3) is 0 Å². The summed E-state index contributed by atoms with van der Waals surface area (Å²) in [7, 11) is 0. The lowest BCUT2D eigenvalue weighted by Crippen LogP contribution is -2.45. The Balaban J connectivity index is 1.20. The van der Waals surface area contributed by atoms with Crippen LogP contribution in [0.1, 0.15) is 87.3 Å². The third kappa shape index (κ3) is 5.84. The number of rotatable bonds is 6. The minimum absolute atomic E-state index is 0.0501. The van der Waals surface area contributed by atoms with Crippen LogP contribution in [0.5, 0.6) is 0 Å². The number of halogens is 3. The van der Waals surface area contributed by atoms with Crippen LogP contribution in [-0.2, 0) is 9.59 Å². The minimum Gasteiger partial charge on any atom is -0.342 e. The number of hydrogen-bond donors (Lipinski definition) is 0. The lowest BCUT2D eigenvalue weighted by Gasteiger charge is -2.38. The van der Waals surface area contributed by atoms with E-state index >= 15 is 0 Å². The summed E-state index contributed by atoms with van der Waals surface area (Å²) < 4.78 is 28.7. The second kappa shape index (κ2) is 11.5. The lowest BCUT2D eigenvalue weighted by molar-refractivity contribution is -0.137. The molecule has 0 radical (unpaired) electrons. The van der Waals surface area contributed by atoms with Crippen molar-refractivity contribution in [2.75, 3.05) is 39.3 Å². The van der Waals surface area contributed by atoms with Crippen molar-refractivity contribution < 1.29 is 18.4 Å². The van der Waals surface area contributed by atoms with Crippen LogP contribution in [-0.4, -0.2) is 71.3 Å². The summed E-state index contributed by atoms with van der Waals surface area (Å²) in [5.41, 5.74) is 2.52. The molecule has 226 valence electrons. The molecule has 1 unspecified atom stereocenters. The fraction of sp³-hybridized carbons (Fsp3) is 0.588. The van der Waals surface area contributed by atoms with E-state index < -0.39 is 11.6 Å². The highest BCUT2D eigenvalue weighted by Gasteiger charge is 2.46. The van der Waals surface area contributed by atoms with Gasteiger partial charge < -0.3 is 9.80 Å². The Morgan fingerprint density at radius 2 is 1.57 bits per heavy atom. The first-order valence-corrected chi connectivity index (χ1v) is 16.0. The topological polar surface area (TPSA) is 43.9 Å². The highest BCUT2D eigenvalue weighted by molar-refractivity contribution is 6.30. The number of likely N-dealkylation sites (tertiary alicyclic amines) is 3. The van der Waals surface area contributed by atoms with Crippen LogP contribution in [0.15, 0.2) is 36.4 Å². The van der Waals surface area contributed by atoms with Crippen molar-refractivity contribution in [1.82, 2.24) is 14.7 Å². The lowest BCUT2D eigenvalue weighted by atomic mass is 9.80. The summed E-state index contributed by atoms with van der Waals surface area (Å²) in [5, 5.41) is 0.659. The smallest absolute Gasteiger partial charge is 0.230 e. The Hall–Kier alpha value is -2.51. The third-order valence-corrected chi connectivity index (χ3v) is 10.3. The molecule has 2 aromatic rings. The number of amides is 2. The number of benzene rings is 2. The predicted molar refractivity (Wildman–Crippen MR) is 161 cm³/mol. The maximum atomic E-state index is 14.9. The molecular formula is C34H42ClF2N3O2. The second-order valence-corrected chi connectivity index (χ2v) is 14.3. The highest BCUT2D eigenvalue weighted by atomic mass is 35.5.